The Labute approximate surface area is 171 Å². The average molecular weight is 408 g/mol. The fourth-order valence-electron chi connectivity index (χ4n) is 3.46. The highest BCUT2D eigenvalue weighted by atomic mass is 35.5. The lowest BCUT2D eigenvalue weighted by Gasteiger charge is -2.38. The van der Waals surface area contributed by atoms with E-state index in [-0.39, 0.29) is 6.04 Å². The Hall–Kier alpha value is -1.14. The van der Waals surface area contributed by atoms with Crippen LogP contribution in [0.5, 0.6) is 0 Å². The molecular formula is C21H27Cl2N3O. The van der Waals surface area contributed by atoms with Crippen LogP contribution < -0.4 is 10.6 Å². The van der Waals surface area contributed by atoms with Crippen molar-refractivity contribution in [1.29, 1.82) is 0 Å². The van der Waals surface area contributed by atoms with E-state index in [0.717, 1.165) is 31.6 Å². The summed E-state index contributed by atoms with van der Waals surface area (Å²) in [7, 11) is 0. The zero-order chi connectivity index (χ0) is 19.2. The number of aliphatic hydroxyl groups is 1. The predicted molar refractivity (Wildman–Crippen MR) is 112 cm³/mol. The molecule has 1 aliphatic rings. The molecule has 3 N–H and O–H groups in total. The van der Waals surface area contributed by atoms with Crippen LogP contribution >= 0.6 is 23.2 Å². The van der Waals surface area contributed by atoms with Crippen LogP contribution in [0.15, 0.2) is 48.5 Å². The fourth-order valence-corrected chi connectivity index (χ4v) is 3.79. The number of aliphatic hydroxyl groups excluding tert-OH is 1. The standard InChI is InChI=1S/C21H27Cl2N3O/c1-15-9-10-26(13-16-5-3-2-4-6-16)14-20(15)25-21(27)24-12-17-7-8-18(22)19(23)11-17/h2-8,11,15,20-21,24-25,27H,9-10,12-14H2,1H3. The molecule has 27 heavy (non-hydrogen) atoms. The summed E-state index contributed by atoms with van der Waals surface area (Å²) in [6.07, 6.45) is 0.341. The first-order valence-electron chi connectivity index (χ1n) is 9.39. The third-order valence-electron chi connectivity index (χ3n) is 5.15. The van der Waals surface area contributed by atoms with E-state index in [9.17, 15) is 5.11 Å². The Kier molecular flexibility index (Phi) is 7.53. The minimum absolute atomic E-state index is 0.235. The second-order valence-corrected chi connectivity index (χ2v) is 8.11. The van der Waals surface area contributed by atoms with Gasteiger partial charge in [0.15, 0.2) is 6.35 Å². The van der Waals surface area contributed by atoms with E-state index >= 15 is 0 Å². The van der Waals surface area contributed by atoms with Crippen molar-refractivity contribution in [3.63, 3.8) is 0 Å². The molecule has 146 valence electrons. The molecular weight excluding hydrogens is 381 g/mol. The molecule has 0 aliphatic carbocycles. The van der Waals surface area contributed by atoms with E-state index in [4.69, 9.17) is 23.2 Å². The van der Waals surface area contributed by atoms with Crippen LogP contribution in [0.1, 0.15) is 24.5 Å². The Morgan fingerprint density at radius 2 is 1.89 bits per heavy atom. The van der Waals surface area contributed by atoms with Gasteiger partial charge in [0.25, 0.3) is 0 Å². The summed E-state index contributed by atoms with van der Waals surface area (Å²) in [6.45, 7) is 5.70. The molecule has 2 aromatic carbocycles. The molecule has 0 spiro atoms. The third kappa shape index (κ3) is 6.18. The van der Waals surface area contributed by atoms with Crippen molar-refractivity contribution >= 4 is 23.2 Å². The highest BCUT2D eigenvalue weighted by molar-refractivity contribution is 6.42. The van der Waals surface area contributed by atoms with Crippen molar-refractivity contribution in [2.45, 2.75) is 38.8 Å². The number of nitrogens with one attached hydrogen (secondary N) is 2. The first-order chi connectivity index (χ1) is 13.0. The first-order valence-corrected chi connectivity index (χ1v) is 10.1. The van der Waals surface area contributed by atoms with Gasteiger partial charge >= 0.3 is 0 Å². The topological polar surface area (TPSA) is 47.5 Å². The van der Waals surface area contributed by atoms with Crippen LogP contribution in [0.2, 0.25) is 10.0 Å². The van der Waals surface area contributed by atoms with Gasteiger partial charge in [-0.15, -0.1) is 0 Å². The van der Waals surface area contributed by atoms with E-state index in [1.807, 2.05) is 18.2 Å². The first kappa shape index (κ1) is 20.6. The summed E-state index contributed by atoms with van der Waals surface area (Å²) >= 11 is 12.0. The molecule has 6 heteroatoms. The van der Waals surface area contributed by atoms with Crippen LogP contribution in [0.25, 0.3) is 0 Å². The van der Waals surface area contributed by atoms with Gasteiger partial charge in [0.05, 0.1) is 10.0 Å². The number of hydrogen-bond acceptors (Lipinski definition) is 4. The minimum Gasteiger partial charge on any atom is -0.365 e. The number of nitrogens with zero attached hydrogens (tertiary/aromatic N) is 1. The summed E-state index contributed by atoms with van der Waals surface area (Å²) < 4.78 is 0. The highest BCUT2D eigenvalue weighted by Gasteiger charge is 2.27. The van der Waals surface area contributed by atoms with Crippen LogP contribution in [0.4, 0.5) is 0 Å². The number of benzene rings is 2. The molecule has 0 saturated carbocycles. The maximum Gasteiger partial charge on any atom is 0.161 e. The zero-order valence-electron chi connectivity index (χ0n) is 15.5. The van der Waals surface area contributed by atoms with E-state index in [1.165, 1.54) is 5.56 Å². The normalized spacial score (nSPS) is 21.9. The monoisotopic (exact) mass is 407 g/mol. The molecule has 0 radical (unpaired) electrons. The average Bonchev–Trinajstić information content (AvgIpc) is 2.66. The molecule has 1 fully saturated rings. The summed E-state index contributed by atoms with van der Waals surface area (Å²) in [5, 5.41) is 17.9. The van der Waals surface area contributed by atoms with Crippen molar-refractivity contribution < 1.29 is 5.11 Å². The maximum absolute atomic E-state index is 10.4. The lowest BCUT2D eigenvalue weighted by molar-refractivity contribution is 0.0486. The van der Waals surface area contributed by atoms with Gasteiger partial charge in [0.2, 0.25) is 0 Å². The Morgan fingerprint density at radius 1 is 1.11 bits per heavy atom. The van der Waals surface area contributed by atoms with Gasteiger partial charge in [-0.05, 0) is 42.1 Å². The third-order valence-corrected chi connectivity index (χ3v) is 5.89. The molecule has 0 aromatic heterocycles. The number of likely N-dealkylation sites (tertiary alicyclic amines) is 1. The van der Waals surface area contributed by atoms with Gasteiger partial charge in [-0.25, -0.2) is 0 Å². The quantitative estimate of drug-likeness (QED) is 0.609. The molecule has 2 aromatic rings. The zero-order valence-corrected chi connectivity index (χ0v) is 17.0. The van der Waals surface area contributed by atoms with Crippen LogP contribution in [-0.2, 0) is 13.1 Å². The SMILES string of the molecule is CC1CCN(Cc2ccccc2)CC1NC(O)NCc1ccc(Cl)c(Cl)c1. The van der Waals surface area contributed by atoms with Gasteiger partial charge in [0, 0.05) is 25.7 Å². The van der Waals surface area contributed by atoms with Gasteiger partial charge in [-0.3, -0.25) is 15.5 Å². The van der Waals surface area contributed by atoms with Crippen LogP contribution in [0.3, 0.4) is 0 Å². The number of hydrogen-bond donors (Lipinski definition) is 3. The van der Waals surface area contributed by atoms with Crippen molar-refractivity contribution in [3.8, 4) is 0 Å². The summed E-state index contributed by atoms with van der Waals surface area (Å²) in [5.41, 5.74) is 2.30. The van der Waals surface area contributed by atoms with Gasteiger partial charge in [-0.2, -0.15) is 0 Å². The summed E-state index contributed by atoms with van der Waals surface area (Å²) in [6, 6.07) is 16.2. The maximum atomic E-state index is 10.4. The summed E-state index contributed by atoms with van der Waals surface area (Å²) in [5.74, 6) is 0.512. The van der Waals surface area contributed by atoms with Crippen molar-refractivity contribution in [2.75, 3.05) is 13.1 Å². The molecule has 3 atom stereocenters. The Bertz CT molecular complexity index is 729. The molecule has 4 nitrogen and oxygen atoms in total. The Morgan fingerprint density at radius 3 is 2.63 bits per heavy atom. The van der Waals surface area contributed by atoms with E-state index in [0.29, 0.717) is 22.5 Å². The number of halogens is 2. The molecule has 3 rings (SSSR count). The molecule has 0 amide bonds. The van der Waals surface area contributed by atoms with Gasteiger partial charge in [0.1, 0.15) is 0 Å². The largest absolute Gasteiger partial charge is 0.365 e. The minimum atomic E-state index is -0.774. The number of rotatable bonds is 7. The molecule has 1 saturated heterocycles. The lowest BCUT2D eigenvalue weighted by atomic mass is 9.93. The van der Waals surface area contributed by atoms with Gasteiger partial charge in [-0.1, -0.05) is 66.5 Å². The van der Waals surface area contributed by atoms with Crippen LogP contribution in [0, 0.1) is 5.92 Å². The van der Waals surface area contributed by atoms with Crippen molar-refractivity contribution in [1.82, 2.24) is 15.5 Å². The lowest BCUT2D eigenvalue weighted by Crippen LogP contribution is -2.56. The van der Waals surface area contributed by atoms with Crippen molar-refractivity contribution in [3.05, 3.63) is 69.7 Å². The van der Waals surface area contributed by atoms with E-state index in [2.05, 4.69) is 46.7 Å². The van der Waals surface area contributed by atoms with E-state index in [1.54, 1.807) is 6.07 Å². The van der Waals surface area contributed by atoms with Gasteiger partial charge < -0.3 is 5.11 Å². The molecule has 0 bridgehead atoms. The second kappa shape index (κ2) is 9.87. The smallest absolute Gasteiger partial charge is 0.161 e. The van der Waals surface area contributed by atoms with Crippen LogP contribution in [-0.4, -0.2) is 35.5 Å². The Balaban J connectivity index is 1.49. The predicted octanol–water partition coefficient (Wildman–Crippen LogP) is 3.86. The molecule has 1 aliphatic heterocycles. The molecule has 3 unspecified atom stereocenters. The fraction of sp³-hybridized carbons (Fsp3) is 0.429. The number of piperidine rings is 1. The second-order valence-electron chi connectivity index (χ2n) is 7.29. The summed E-state index contributed by atoms with van der Waals surface area (Å²) in [4.78, 5) is 2.44. The molecule has 1 heterocycles. The highest BCUT2D eigenvalue weighted by Crippen LogP contribution is 2.22. The van der Waals surface area contributed by atoms with E-state index < -0.39 is 6.35 Å². The van der Waals surface area contributed by atoms with Crippen molar-refractivity contribution in [2.24, 2.45) is 5.92 Å².